The van der Waals surface area contributed by atoms with E-state index < -0.39 is 36.1 Å². The van der Waals surface area contributed by atoms with Gasteiger partial charge >= 0.3 is 23.9 Å². The lowest BCUT2D eigenvalue weighted by Crippen LogP contribution is -2.34. The number of carbonyl (C=O) groups is 4. The normalized spacial score (nSPS) is 12.0. The largest absolute Gasteiger partial charge is 0.458 e. The molecule has 0 aromatic heterocycles. The summed E-state index contributed by atoms with van der Waals surface area (Å²) in [6, 6.07) is 27.4. The minimum Gasteiger partial charge on any atom is -0.458 e. The number of benzene rings is 4. The van der Waals surface area contributed by atoms with Crippen molar-refractivity contribution in [2.24, 2.45) is 0 Å². The van der Waals surface area contributed by atoms with Gasteiger partial charge in [-0.05, 0) is 76.2 Å². The van der Waals surface area contributed by atoms with E-state index in [0.29, 0.717) is 22.3 Å². The molecule has 0 fully saturated rings. The molecular formula is C38H38O9. The van der Waals surface area contributed by atoms with E-state index in [2.05, 4.69) is 0 Å². The Morgan fingerprint density at radius 2 is 0.660 bits per heavy atom. The summed E-state index contributed by atoms with van der Waals surface area (Å²) in [6.45, 7) is 6.62. The smallest absolute Gasteiger partial charge is 0.338 e. The molecule has 4 aromatic rings. The first kappa shape index (κ1) is 34.6. The maximum Gasteiger partial charge on any atom is 0.338 e. The highest BCUT2D eigenvalue weighted by Gasteiger charge is 2.23. The molecule has 4 aromatic carbocycles. The lowest BCUT2D eigenvalue weighted by molar-refractivity contribution is -0.0617. The van der Waals surface area contributed by atoms with Gasteiger partial charge in [0.15, 0.2) is 12.2 Å². The fourth-order valence-corrected chi connectivity index (χ4v) is 4.26. The molecule has 0 saturated carbocycles. The predicted octanol–water partition coefficient (Wildman–Crippen LogP) is 6.40. The molecule has 4 rings (SSSR count). The van der Waals surface area contributed by atoms with Gasteiger partial charge in [0.1, 0.15) is 13.2 Å². The first-order valence-electron chi connectivity index (χ1n) is 15.2. The molecule has 2 unspecified atom stereocenters. The standard InChI is InChI=1S/C38H38O9/c1-25-5-13-29(14-6-25)35(39)44-23-33(46-37(41)31-17-9-27(3)10-18-31)21-43-22-34(47-38(42)32-19-11-28(4)12-20-32)24-45-36(40)30-15-7-26(2)8-16-30/h5-20,33-34H,21-24H2,1-4H3. The quantitative estimate of drug-likeness (QED) is 0.114. The van der Waals surface area contributed by atoms with Crippen molar-refractivity contribution in [2.45, 2.75) is 39.9 Å². The highest BCUT2D eigenvalue weighted by atomic mass is 16.6. The van der Waals surface area contributed by atoms with Crippen LogP contribution in [-0.2, 0) is 23.7 Å². The summed E-state index contributed by atoms with van der Waals surface area (Å²) in [4.78, 5) is 51.2. The molecule has 0 spiro atoms. The highest BCUT2D eigenvalue weighted by Crippen LogP contribution is 2.13. The molecular weight excluding hydrogens is 600 g/mol. The van der Waals surface area contributed by atoms with Crippen LogP contribution in [-0.4, -0.2) is 62.5 Å². The Morgan fingerprint density at radius 3 is 0.936 bits per heavy atom. The van der Waals surface area contributed by atoms with Crippen LogP contribution in [0.25, 0.3) is 0 Å². The number of carbonyl (C=O) groups excluding carboxylic acids is 4. The predicted molar refractivity (Wildman–Crippen MR) is 175 cm³/mol. The summed E-state index contributed by atoms with van der Waals surface area (Å²) in [5, 5.41) is 0. The first-order chi connectivity index (χ1) is 22.6. The number of rotatable bonds is 14. The van der Waals surface area contributed by atoms with Crippen molar-refractivity contribution in [3.8, 4) is 0 Å². The molecule has 0 aliphatic rings. The van der Waals surface area contributed by atoms with Gasteiger partial charge in [0.25, 0.3) is 0 Å². The van der Waals surface area contributed by atoms with Crippen LogP contribution in [0.5, 0.6) is 0 Å². The minimum atomic E-state index is -0.998. The Morgan fingerprint density at radius 1 is 0.404 bits per heavy atom. The molecule has 0 aliphatic heterocycles. The summed E-state index contributed by atoms with van der Waals surface area (Å²) in [5.41, 5.74) is 5.25. The van der Waals surface area contributed by atoms with Gasteiger partial charge in [-0.3, -0.25) is 0 Å². The fraction of sp³-hybridized carbons (Fsp3) is 0.263. The van der Waals surface area contributed by atoms with E-state index in [0.717, 1.165) is 22.3 Å². The van der Waals surface area contributed by atoms with Gasteiger partial charge in [0.05, 0.1) is 35.5 Å². The molecule has 0 aliphatic carbocycles. The SMILES string of the molecule is Cc1ccc(C(=O)OCC(COCC(COC(=O)c2ccc(C)cc2)OC(=O)c2ccc(C)cc2)OC(=O)c2ccc(C)cc2)cc1. The van der Waals surface area contributed by atoms with E-state index in [9.17, 15) is 19.2 Å². The van der Waals surface area contributed by atoms with Crippen LogP contribution in [0.2, 0.25) is 0 Å². The average molecular weight is 639 g/mol. The molecule has 2 atom stereocenters. The second-order valence-electron chi connectivity index (χ2n) is 11.3. The Bertz CT molecular complexity index is 1520. The number of ether oxygens (including phenoxy) is 5. The van der Waals surface area contributed by atoms with Crippen LogP contribution in [0.4, 0.5) is 0 Å². The van der Waals surface area contributed by atoms with Crippen LogP contribution >= 0.6 is 0 Å². The van der Waals surface area contributed by atoms with E-state index in [1.165, 1.54) is 0 Å². The molecule has 9 nitrogen and oxygen atoms in total. The third-order valence-corrected chi connectivity index (χ3v) is 7.10. The molecule has 244 valence electrons. The molecule has 9 heteroatoms. The van der Waals surface area contributed by atoms with Gasteiger partial charge in [-0.25, -0.2) is 19.2 Å². The Labute approximate surface area is 274 Å². The van der Waals surface area contributed by atoms with Crippen molar-refractivity contribution in [3.63, 3.8) is 0 Å². The van der Waals surface area contributed by atoms with Gasteiger partial charge in [-0.15, -0.1) is 0 Å². The monoisotopic (exact) mass is 638 g/mol. The molecule has 0 bridgehead atoms. The Balaban J connectivity index is 1.43. The molecule has 0 radical (unpaired) electrons. The number of esters is 4. The maximum atomic E-state index is 12.9. The second-order valence-corrected chi connectivity index (χ2v) is 11.3. The first-order valence-corrected chi connectivity index (χ1v) is 15.2. The molecule has 0 N–H and O–H groups in total. The van der Waals surface area contributed by atoms with Crippen LogP contribution in [0.15, 0.2) is 97.1 Å². The minimum absolute atomic E-state index is 0.205. The van der Waals surface area contributed by atoms with Gasteiger partial charge in [0.2, 0.25) is 0 Å². The van der Waals surface area contributed by atoms with Crippen molar-refractivity contribution >= 4 is 23.9 Å². The van der Waals surface area contributed by atoms with Crippen LogP contribution < -0.4 is 0 Å². The summed E-state index contributed by atoms with van der Waals surface area (Å²) in [7, 11) is 0. The zero-order valence-corrected chi connectivity index (χ0v) is 26.9. The highest BCUT2D eigenvalue weighted by molar-refractivity contribution is 5.91. The molecule has 47 heavy (non-hydrogen) atoms. The van der Waals surface area contributed by atoms with E-state index >= 15 is 0 Å². The van der Waals surface area contributed by atoms with Gasteiger partial charge in [0, 0.05) is 0 Å². The van der Waals surface area contributed by atoms with Gasteiger partial charge in [-0.2, -0.15) is 0 Å². The van der Waals surface area contributed by atoms with Crippen LogP contribution in [0.3, 0.4) is 0 Å². The molecule has 0 amide bonds. The summed E-state index contributed by atoms with van der Waals surface area (Å²) in [6.07, 6.45) is -2.00. The zero-order valence-electron chi connectivity index (χ0n) is 26.9. The fourth-order valence-electron chi connectivity index (χ4n) is 4.26. The Kier molecular flexibility index (Phi) is 12.4. The molecule has 0 heterocycles. The van der Waals surface area contributed by atoms with Crippen LogP contribution in [0.1, 0.15) is 63.7 Å². The van der Waals surface area contributed by atoms with E-state index in [-0.39, 0.29) is 26.4 Å². The van der Waals surface area contributed by atoms with E-state index in [4.69, 9.17) is 23.7 Å². The van der Waals surface area contributed by atoms with E-state index in [1.807, 2.05) is 27.7 Å². The van der Waals surface area contributed by atoms with Crippen molar-refractivity contribution < 1.29 is 42.9 Å². The van der Waals surface area contributed by atoms with Crippen LogP contribution in [0, 0.1) is 27.7 Å². The lowest BCUT2D eigenvalue weighted by atomic mass is 10.1. The number of aryl methyl sites for hydroxylation is 4. The zero-order chi connectivity index (χ0) is 33.8. The summed E-state index contributed by atoms with van der Waals surface area (Å²) >= 11 is 0. The second kappa shape index (κ2) is 16.9. The number of hydrogen-bond acceptors (Lipinski definition) is 9. The maximum absolute atomic E-state index is 12.9. The average Bonchev–Trinajstić information content (AvgIpc) is 3.06. The summed E-state index contributed by atoms with van der Waals surface area (Å²) in [5.74, 6) is -2.43. The third kappa shape index (κ3) is 10.9. The number of hydrogen-bond donors (Lipinski definition) is 0. The third-order valence-electron chi connectivity index (χ3n) is 7.10. The summed E-state index contributed by atoms with van der Waals surface area (Å²) < 4.78 is 28.1. The van der Waals surface area contributed by atoms with Crippen molar-refractivity contribution in [3.05, 3.63) is 142 Å². The van der Waals surface area contributed by atoms with Crippen molar-refractivity contribution in [1.29, 1.82) is 0 Å². The van der Waals surface area contributed by atoms with Gasteiger partial charge < -0.3 is 23.7 Å². The Hall–Kier alpha value is -5.28. The van der Waals surface area contributed by atoms with Gasteiger partial charge in [-0.1, -0.05) is 70.8 Å². The van der Waals surface area contributed by atoms with Crippen molar-refractivity contribution in [1.82, 2.24) is 0 Å². The topological polar surface area (TPSA) is 114 Å². The van der Waals surface area contributed by atoms with Crippen molar-refractivity contribution in [2.75, 3.05) is 26.4 Å². The lowest BCUT2D eigenvalue weighted by Gasteiger charge is -2.21. The molecule has 0 saturated heterocycles. The van der Waals surface area contributed by atoms with E-state index in [1.54, 1.807) is 97.1 Å².